The van der Waals surface area contributed by atoms with Crippen LogP contribution in [0.2, 0.25) is 0 Å². The normalized spacial score (nSPS) is 10.0. The summed E-state index contributed by atoms with van der Waals surface area (Å²) in [5.74, 6) is -1.06. The number of hydrogen-bond donors (Lipinski definition) is 0. The van der Waals surface area contributed by atoms with E-state index in [2.05, 4.69) is 9.72 Å². The summed E-state index contributed by atoms with van der Waals surface area (Å²) in [5, 5.41) is 0. The molecule has 0 saturated heterocycles. The highest BCUT2D eigenvalue weighted by Gasteiger charge is 2.10. The number of benzene rings is 1. The van der Waals surface area contributed by atoms with Gasteiger partial charge in [-0.25, -0.2) is 9.18 Å². The minimum atomic E-state index is -0.568. The molecule has 1 aromatic carbocycles. The first kappa shape index (κ1) is 11.3. The predicted octanol–water partition coefficient (Wildman–Crippen LogP) is 2.67. The molecule has 0 spiro atoms. The van der Waals surface area contributed by atoms with Gasteiger partial charge in [-0.1, -0.05) is 6.07 Å². The fraction of sp³-hybridized carbons (Fsp3) is 0.0769. The summed E-state index contributed by atoms with van der Waals surface area (Å²) < 4.78 is 17.9. The van der Waals surface area contributed by atoms with Crippen LogP contribution in [0.15, 0.2) is 42.6 Å². The highest BCUT2D eigenvalue weighted by Crippen LogP contribution is 2.20. The van der Waals surface area contributed by atoms with Gasteiger partial charge in [0.2, 0.25) is 0 Å². The Kier molecular flexibility index (Phi) is 3.14. The zero-order chi connectivity index (χ0) is 12.3. The van der Waals surface area contributed by atoms with Crippen molar-refractivity contribution in [2.45, 2.75) is 0 Å². The van der Waals surface area contributed by atoms with Crippen LogP contribution in [0.3, 0.4) is 0 Å². The first-order chi connectivity index (χ1) is 8.20. The van der Waals surface area contributed by atoms with Gasteiger partial charge in [-0.2, -0.15) is 0 Å². The van der Waals surface area contributed by atoms with Gasteiger partial charge in [0.15, 0.2) is 0 Å². The van der Waals surface area contributed by atoms with Gasteiger partial charge in [-0.15, -0.1) is 0 Å². The fourth-order valence-electron chi connectivity index (χ4n) is 1.51. The molecule has 0 atom stereocenters. The van der Waals surface area contributed by atoms with Crippen molar-refractivity contribution in [2.75, 3.05) is 7.11 Å². The molecule has 0 saturated carbocycles. The van der Waals surface area contributed by atoms with Gasteiger partial charge in [0.1, 0.15) is 5.82 Å². The first-order valence-electron chi connectivity index (χ1n) is 5.01. The van der Waals surface area contributed by atoms with E-state index in [-0.39, 0.29) is 5.56 Å². The lowest BCUT2D eigenvalue weighted by Gasteiger charge is -2.04. The van der Waals surface area contributed by atoms with Gasteiger partial charge in [-0.3, -0.25) is 4.98 Å². The van der Waals surface area contributed by atoms with Crippen LogP contribution < -0.4 is 0 Å². The Hall–Kier alpha value is -2.23. The molecule has 0 N–H and O–H groups in total. The number of aromatic nitrogens is 1. The van der Waals surface area contributed by atoms with Gasteiger partial charge in [0.25, 0.3) is 0 Å². The van der Waals surface area contributed by atoms with Crippen LogP contribution in [0, 0.1) is 5.82 Å². The molecular formula is C13H10FNO2. The molecule has 3 nitrogen and oxygen atoms in total. The zero-order valence-electron chi connectivity index (χ0n) is 9.18. The molecule has 86 valence electrons. The number of pyridine rings is 1. The third kappa shape index (κ3) is 2.47. The van der Waals surface area contributed by atoms with E-state index in [1.54, 1.807) is 30.5 Å². The highest BCUT2D eigenvalue weighted by molar-refractivity contribution is 5.90. The van der Waals surface area contributed by atoms with Crippen LogP contribution in [-0.4, -0.2) is 18.1 Å². The number of hydrogen-bond acceptors (Lipinski definition) is 3. The van der Waals surface area contributed by atoms with Crippen LogP contribution >= 0.6 is 0 Å². The lowest BCUT2D eigenvalue weighted by molar-refractivity contribution is 0.0600. The Bertz CT molecular complexity index is 540. The molecule has 0 bridgehead atoms. The molecule has 0 radical (unpaired) electrons. The molecule has 17 heavy (non-hydrogen) atoms. The molecule has 4 heteroatoms. The summed E-state index contributed by atoms with van der Waals surface area (Å²) in [4.78, 5) is 15.4. The molecular weight excluding hydrogens is 221 g/mol. The summed E-state index contributed by atoms with van der Waals surface area (Å²) in [5.41, 5.74) is 1.33. The van der Waals surface area contributed by atoms with Gasteiger partial charge in [-0.05, 0) is 30.3 Å². The molecule has 0 fully saturated rings. The molecule has 0 unspecified atom stereocenters. The van der Waals surface area contributed by atoms with Crippen molar-refractivity contribution in [2.24, 2.45) is 0 Å². The van der Waals surface area contributed by atoms with Gasteiger partial charge in [0, 0.05) is 11.8 Å². The summed E-state index contributed by atoms with van der Waals surface area (Å²) >= 11 is 0. The van der Waals surface area contributed by atoms with Crippen molar-refractivity contribution < 1.29 is 13.9 Å². The van der Waals surface area contributed by atoms with Crippen LogP contribution in [0.25, 0.3) is 11.3 Å². The Balaban J connectivity index is 2.49. The Morgan fingerprint density at radius 3 is 2.76 bits per heavy atom. The van der Waals surface area contributed by atoms with Crippen molar-refractivity contribution in [1.29, 1.82) is 0 Å². The van der Waals surface area contributed by atoms with E-state index >= 15 is 0 Å². The molecule has 0 aliphatic heterocycles. The molecule has 0 aliphatic carbocycles. The number of halogens is 1. The van der Waals surface area contributed by atoms with E-state index in [0.717, 1.165) is 6.07 Å². The summed E-state index contributed by atoms with van der Waals surface area (Å²) in [7, 11) is 1.26. The van der Waals surface area contributed by atoms with E-state index in [9.17, 15) is 9.18 Å². The monoisotopic (exact) mass is 231 g/mol. The van der Waals surface area contributed by atoms with Crippen LogP contribution in [-0.2, 0) is 4.74 Å². The summed E-state index contributed by atoms with van der Waals surface area (Å²) in [6.07, 6.45) is 1.61. The number of carbonyl (C=O) groups excluding carboxylic acids is 1. The topological polar surface area (TPSA) is 39.2 Å². The number of rotatable bonds is 2. The van der Waals surface area contributed by atoms with E-state index in [1.165, 1.54) is 13.2 Å². The average molecular weight is 231 g/mol. The second kappa shape index (κ2) is 4.74. The Labute approximate surface area is 97.9 Å². The predicted molar refractivity (Wildman–Crippen MR) is 61.0 cm³/mol. The third-order valence-electron chi connectivity index (χ3n) is 2.28. The van der Waals surface area contributed by atoms with Crippen molar-refractivity contribution in [1.82, 2.24) is 4.98 Å². The minimum absolute atomic E-state index is 0.174. The number of nitrogens with zero attached hydrogens (tertiary/aromatic N) is 1. The van der Waals surface area contributed by atoms with E-state index in [0.29, 0.717) is 11.3 Å². The minimum Gasteiger partial charge on any atom is -0.465 e. The lowest BCUT2D eigenvalue weighted by atomic mass is 10.1. The Morgan fingerprint density at radius 1 is 1.29 bits per heavy atom. The van der Waals surface area contributed by atoms with E-state index in [4.69, 9.17) is 0 Å². The van der Waals surface area contributed by atoms with Gasteiger partial charge >= 0.3 is 5.97 Å². The third-order valence-corrected chi connectivity index (χ3v) is 2.28. The fourth-order valence-corrected chi connectivity index (χ4v) is 1.51. The molecule has 2 aromatic rings. The summed E-state index contributed by atoms with van der Waals surface area (Å²) in [6, 6.07) is 9.33. The number of ether oxygens (including phenoxy) is 1. The van der Waals surface area contributed by atoms with E-state index < -0.39 is 11.8 Å². The maximum absolute atomic E-state index is 13.4. The van der Waals surface area contributed by atoms with Crippen molar-refractivity contribution in [3.63, 3.8) is 0 Å². The average Bonchev–Trinajstić information content (AvgIpc) is 2.38. The second-order valence-corrected chi connectivity index (χ2v) is 3.44. The van der Waals surface area contributed by atoms with Crippen LogP contribution in [0.5, 0.6) is 0 Å². The molecule has 0 aliphatic rings. The van der Waals surface area contributed by atoms with Crippen molar-refractivity contribution >= 4 is 5.97 Å². The van der Waals surface area contributed by atoms with Crippen molar-refractivity contribution in [3.8, 4) is 11.3 Å². The smallest absolute Gasteiger partial charge is 0.337 e. The number of esters is 1. The maximum atomic E-state index is 13.4. The molecule has 2 rings (SSSR count). The SMILES string of the molecule is COC(=O)c1cc(F)cc(-c2ccccn2)c1. The van der Waals surface area contributed by atoms with Crippen LogP contribution in [0.4, 0.5) is 4.39 Å². The largest absolute Gasteiger partial charge is 0.465 e. The second-order valence-electron chi connectivity index (χ2n) is 3.44. The molecule has 0 amide bonds. The zero-order valence-corrected chi connectivity index (χ0v) is 9.18. The number of carbonyl (C=O) groups is 1. The van der Waals surface area contributed by atoms with Gasteiger partial charge in [0.05, 0.1) is 18.4 Å². The Morgan fingerprint density at radius 2 is 2.12 bits per heavy atom. The maximum Gasteiger partial charge on any atom is 0.337 e. The lowest BCUT2D eigenvalue weighted by Crippen LogP contribution is -2.02. The highest BCUT2D eigenvalue weighted by atomic mass is 19.1. The first-order valence-corrected chi connectivity index (χ1v) is 5.01. The quantitative estimate of drug-likeness (QED) is 0.746. The van der Waals surface area contributed by atoms with Gasteiger partial charge < -0.3 is 4.74 Å². The number of methoxy groups -OCH3 is 1. The standard InChI is InChI=1S/C13H10FNO2/c1-17-13(16)10-6-9(7-11(14)8-10)12-4-2-3-5-15-12/h2-8H,1H3. The van der Waals surface area contributed by atoms with Crippen LogP contribution in [0.1, 0.15) is 10.4 Å². The molecule has 1 heterocycles. The summed E-state index contributed by atoms with van der Waals surface area (Å²) in [6.45, 7) is 0. The van der Waals surface area contributed by atoms with E-state index in [1.807, 2.05) is 0 Å². The van der Waals surface area contributed by atoms with Crippen molar-refractivity contribution in [3.05, 3.63) is 54.0 Å². The molecule has 1 aromatic heterocycles.